The predicted molar refractivity (Wildman–Crippen MR) is 122 cm³/mol. The van der Waals surface area contributed by atoms with Gasteiger partial charge in [0.05, 0.1) is 24.6 Å². The summed E-state index contributed by atoms with van der Waals surface area (Å²) in [5.41, 5.74) is 2.39. The first kappa shape index (κ1) is 20.6. The molecular weight excluding hydrogens is 400 g/mol. The molecule has 3 aromatic rings. The van der Waals surface area contributed by atoms with Crippen molar-refractivity contribution in [1.29, 1.82) is 0 Å². The molecule has 1 atom stereocenters. The van der Waals surface area contributed by atoms with Crippen molar-refractivity contribution in [2.45, 2.75) is 64.4 Å². The average Bonchev–Trinajstić information content (AvgIpc) is 3.09. The maximum Gasteiger partial charge on any atom is 0.263 e. The standard InChI is InChI=1S/C23H28N2O2S2/c1-4-5-11-28-23-24-21-20(17-12-18(15(2)3)27-14-19(17)29-21)22(26)25(23)13-16-9-7-6-8-10-16/h6-10,15,18H,4-5,11-14H2,1-3H3/t18-/m1/s1. The highest BCUT2D eigenvalue weighted by atomic mass is 32.2. The summed E-state index contributed by atoms with van der Waals surface area (Å²) in [5, 5.41) is 1.65. The first-order chi connectivity index (χ1) is 14.1. The number of fused-ring (bicyclic) bond motifs is 3. The predicted octanol–water partition coefficient (Wildman–Crippen LogP) is 5.50. The molecular formula is C23H28N2O2S2. The van der Waals surface area contributed by atoms with Crippen LogP contribution in [-0.4, -0.2) is 21.4 Å². The van der Waals surface area contributed by atoms with Gasteiger partial charge in [-0.05, 0) is 23.5 Å². The van der Waals surface area contributed by atoms with Crippen molar-refractivity contribution in [2.75, 3.05) is 5.75 Å². The number of thiophene rings is 1. The van der Waals surface area contributed by atoms with E-state index in [9.17, 15) is 4.79 Å². The second kappa shape index (κ2) is 9.02. The number of unbranched alkanes of at least 4 members (excludes halogenated alkanes) is 1. The van der Waals surface area contributed by atoms with Gasteiger partial charge in [0.1, 0.15) is 4.83 Å². The van der Waals surface area contributed by atoms with Gasteiger partial charge in [-0.2, -0.15) is 0 Å². The Balaban J connectivity index is 1.81. The largest absolute Gasteiger partial charge is 0.372 e. The zero-order valence-corrected chi connectivity index (χ0v) is 18.9. The molecule has 1 aliphatic rings. The van der Waals surface area contributed by atoms with E-state index in [1.165, 1.54) is 10.4 Å². The molecule has 2 aromatic heterocycles. The van der Waals surface area contributed by atoms with E-state index in [2.05, 4.69) is 32.9 Å². The van der Waals surface area contributed by atoms with Gasteiger partial charge in [-0.25, -0.2) is 4.98 Å². The van der Waals surface area contributed by atoms with Crippen molar-refractivity contribution in [3.05, 3.63) is 56.7 Å². The minimum atomic E-state index is 0.0970. The topological polar surface area (TPSA) is 44.1 Å². The Morgan fingerprint density at radius 1 is 1.31 bits per heavy atom. The highest BCUT2D eigenvalue weighted by Gasteiger charge is 2.28. The number of hydrogen-bond acceptors (Lipinski definition) is 5. The van der Waals surface area contributed by atoms with Gasteiger partial charge in [0.15, 0.2) is 5.16 Å². The van der Waals surface area contributed by atoms with Crippen LogP contribution >= 0.6 is 23.1 Å². The fourth-order valence-electron chi connectivity index (χ4n) is 3.69. The molecule has 3 heterocycles. The molecule has 4 rings (SSSR count). The first-order valence-electron chi connectivity index (χ1n) is 10.4. The van der Waals surface area contributed by atoms with Crippen molar-refractivity contribution in [2.24, 2.45) is 5.92 Å². The van der Waals surface area contributed by atoms with Crippen LogP contribution in [0.3, 0.4) is 0 Å². The molecule has 6 heteroatoms. The van der Waals surface area contributed by atoms with Gasteiger partial charge in [0.25, 0.3) is 5.56 Å². The zero-order valence-electron chi connectivity index (χ0n) is 17.3. The summed E-state index contributed by atoms with van der Waals surface area (Å²) in [6.07, 6.45) is 3.23. The average molecular weight is 429 g/mol. The van der Waals surface area contributed by atoms with E-state index >= 15 is 0 Å². The molecule has 0 saturated carbocycles. The summed E-state index contributed by atoms with van der Waals surface area (Å²) < 4.78 is 7.92. The Morgan fingerprint density at radius 3 is 2.83 bits per heavy atom. The Bertz CT molecular complexity index is 1040. The molecule has 0 fully saturated rings. The van der Waals surface area contributed by atoms with Crippen molar-refractivity contribution >= 4 is 33.3 Å². The smallest absolute Gasteiger partial charge is 0.263 e. The van der Waals surface area contributed by atoms with E-state index in [1.54, 1.807) is 23.1 Å². The Labute approximate surface area is 180 Å². The summed E-state index contributed by atoms with van der Waals surface area (Å²) in [7, 11) is 0. The summed E-state index contributed by atoms with van der Waals surface area (Å²) >= 11 is 3.33. The van der Waals surface area contributed by atoms with Gasteiger partial charge in [-0.3, -0.25) is 9.36 Å². The maximum absolute atomic E-state index is 13.7. The lowest BCUT2D eigenvalue weighted by Gasteiger charge is -2.26. The van der Waals surface area contributed by atoms with Gasteiger partial charge in [0, 0.05) is 17.1 Å². The fourth-order valence-corrected chi connectivity index (χ4v) is 5.94. The molecule has 0 unspecified atom stereocenters. The van der Waals surface area contributed by atoms with Crippen LogP contribution in [0.2, 0.25) is 0 Å². The summed E-state index contributed by atoms with van der Waals surface area (Å²) in [5.74, 6) is 1.41. The van der Waals surface area contributed by atoms with Gasteiger partial charge in [0.2, 0.25) is 0 Å². The lowest BCUT2D eigenvalue weighted by Crippen LogP contribution is -2.28. The van der Waals surface area contributed by atoms with E-state index in [0.29, 0.717) is 19.1 Å². The Kier molecular flexibility index (Phi) is 6.42. The minimum absolute atomic E-state index is 0.0970. The highest BCUT2D eigenvalue weighted by molar-refractivity contribution is 7.99. The summed E-state index contributed by atoms with van der Waals surface area (Å²) in [4.78, 5) is 20.7. The van der Waals surface area contributed by atoms with Crippen molar-refractivity contribution in [3.63, 3.8) is 0 Å². The molecule has 1 aromatic carbocycles. The van der Waals surface area contributed by atoms with Gasteiger partial charge in [-0.15, -0.1) is 11.3 Å². The van der Waals surface area contributed by atoms with Crippen LogP contribution in [0.5, 0.6) is 0 Å². The molecule has 0 saturated heterocycles. The van der Waals surface area contributed by atoms with E-state index in [4.69, 9.17) is 9.72 Å². The van der Waals surface area contributed by atoms with Crippen LogP contribution in [0, 0.1) is 5.92 Å². The van der Waals surface area contributed by atoms with Crippen molar-refractivity contribution < 1.29 is 4.74 Å². The number of aromatic nitrogens is 2. The molecule has 0 radical (unpaired) electrons. The monoisotopic (exact) mass is 428 g/mol. The van der Waals surface area contributed by atoms with Crippen LogP contribution < -0.4 is 5.56 Å². The third-order valence-corrected chi connectivity index (χ3v) is 7.61. The summed E-state index contributed by atoms with van der Waals surface area (Å²) in [6.45, 7) is 7.70. The molecule has 0 aliphatic carbocycles. The third-order valence-electron chi connectivity index (χ3n) is 5.45. The second-order valence-electron chi connectivity index (χ2n) is 7.95. The van der Waals surface area contributed by atoms with Crippen molar-refractivity contribution in [3.8, 4) is 0 Å². The van der Waals surface area contributed by atoms with Crippen molar-refractivity contribution in [1.82, 2.24) is 9.55 Å². The number of hydrogen-bond donors (Lipinski definition) is 0. The second-order valence-corrected chi connectivity index (χ2v) is 10.1. The minimum Gasteiger partial charge on any atom is -0.372 e. The lowest BCUT2D eigenvalue weighted by molar-refractivity contribution is 0.00200. The fraction of sp³-hybridized carbons (Fsp3) is 0.478. The van der Waals surface area contributed by atoms with Gasteiger partial charge >= 0.3 is 0 Å². The number of thioether (sulfide) groups is 1. The van der Waals surface area contributed by atoms with E-state index in [-0.39, 0.29) is 11.7 Å². The number of nitrogens with zero attached hydrogens (tertiary/aromatic N) is 2. The van der Waals surface area contributed by atoms with Crippen LogP contribution in [0.4, 0.5) is 0 Å². The molecule has 154 valence electrons. The molecule has 29 heavy (non-hydrogen) atoms. The van der Waals surface area contributed by atoms with Gasteiger partial charge in [-0.1, -0.05) is 69.3 Å². The van der Waals surface area contributed by atoms with E-state index in [0.717, 1.165) is 46.0 Å². The first-order valence-corrected chi connectivity index (χ1v) is 12.2. The normalized spacial score (nSPS) is 16.5. The number of ether oxygens (including phenoxy) is 1. The van der Waals surface area contributed by atoms with Crippen LogP contribution in [0.1, 0.15) is 49.6 Å². The lowest BCUT2D eigenvalue weighted by atomic mass is 9.96. The molecule has 0 N–H and O–H groups in total. The molecule has 0 amide bonds. The third kappa shape index (κ3) is 4.30. The highest BCUT2D eigenvalue weighted by Crippen LogP contribution is 2.36. The number of rotatable bonds is 7. The zero-order chi connectivity index (χ0) is 20.4. The maximum atomic E-state index is 13.7. The molecule has 4 nitrogen and oxygen atoms in total. The van der Waals surface area contributed by atoms with Crippen LogP contribution in [0.25, 0.3) is 10.2 Å². The Morgan fingerprint density at radius 2 is 2.10 bits per heavy atom. The van der Waals surface area contributed by atoms with Crippen LogP contribution in [0.15, 0.2) is 40.3 Å². The SMILES string of the molecule is CCCCSc1nc2sc3c(c2c(=O)n1Cc1ccccc1)C[C@H](C(C)C)OC3. The van der Waals surface area contributed by atoms with Gasteiger partial charge < -0.3 is 4.74 Å². The van der Waals surface area contributed by atoms with E-state index < -0.39 is 0 Å². The van der Waals surface area contributed by atoms with Crippen LogP contribution in [-0.2, 0) is 24.3 Å². The molecule has 1 aliphatic heterocycles. The number of benzene rings is 1. The molecule has 0 spiro atoms. The molecule has 0 bridgehead atoms. The van der Waals surface area contributed by atoms with E-state index in [1.807, 2.05) is 22.8 Å². The summed E-state index contributed by atoms with van der Waals surface area (Å²) in [6, 6.07) is 10.2. The quantitative estimate of drug-likeness (QED) is 0.283. The Hall–Kier alpha value is -1.63.